The molecule has 6 heteroatoms. The first-order valence-electron chi connectivity index (χ1n) is 6.65. The number of hydrogen-bond acceptors (Lipinski definition) is 6. The van der Waals surface area contributed by atoms with Crippen LogP contribution in [0.3, 0.4) is 0 Å². The molecule has 2 N–H and O–H groups in total. The second-order valence-corrected chi connectivity index (χ2v) is 3.51. The van der Waals surface area contributed by atoms with Crippen LogP contribution in [-0.2, 0) is 19.4 Å². The first-order chi connectivity index (χ1) is 11.3. The van der Waals surface area contributed by atoms with Crippen LogP contribution in [0.5, 0.6) is 0 Å². The van der Waals surface area contributed by atoms with Crippen LogP contribution < -0.4 is 0 Å². The molecule has 0 saturated carbocycles. The highest BCUT2D eigenvalue weighted by molar-refractivity contribution is 5.26. The van der Waals surface area contributed by atoms with Gasteiger partial charge in [0.05, 0.1) is 13.2 Å². The Labute approximate surface area is 143 Å². The molecule has 1 saturated heterocycles. The van der Waals surface area contributed by atoms with E-state index in [1.807, 2.05) is 72.8 Å². The molecule has 1 heterocycles. The topological polar surface area (TPSA) is 100 Å². The largest absolute Gasteiger partial charge is 0.237 e. The highest BCUT2D eigenvalue weighted by atomic mass is 17.2. The van der Waals surface area contributed by atoms with E-state index in [1.165, 1.54) is 0 Å². The van der Waals surface area contributed by atoms with Gasteiger partial charge < -0.3 is 0 Å². The molecule has 2 aromatic carbocycles. The first kappa shape index (κ1) is 26.0. The van der Waals surface area contributed by atoms with Crippen LogP contribution in [0.1, 0.15) is 13.8 Å². The molecule has 24 heavy (non-hydrogen) atoms. The van der Waals surface area contributed by atoms with E-state index in [0.717, 1.165) is 31.8 Å². The monoisotopic (exact) mass is 332 g/mol. The number of rotatable bonds is 0. The van der Waals surface area contributed by atoms with Gasteiger partial charge in [0.1, 0.15) is 0 Å². The summed E-state index contributed by atoms with van der Waals surface area (Å²) in [6, 6.07) is 24.0. The predicted molar refractivity (Wildman–Crippen MR) is 93.0 cm³/mol. The zero-order chi connectivity index (χ0) is 17.4. The fourth-order valence-corrected chi connectivity index (χ4v) is 1.06. The molecular weight excluding hydrogens is 308 g/mol. The van der Waals surface area contributed by atoms with E-state index >= 15 is 0 Å². The molecule has 6 nitrogen and oxygen atoms in total. The Morgan fingerprint density at radius 2 is 0.750 bits per heavy atom. The normalized spacial score (nSPS) is 9.67. The molecule has 0 atom stereocenters. The van der Waals surface area contributed by atoms with Crippen molar-refractivity contribution in [2.45, 2.75) is 13.8 Å². The second kappa shape index (κ2) is 28.3. The van der Waals surface area contributed by atoms with Gasteiger partial charge in [-0.1, -0.05) is 80.2 Å². The number of benzene rings is 2. The SMILES string of the molecule is C.C1COOC1.N=C=O.N=C=O.c1ccccc1.c1ccccc1. The fraction of sp³-hybridized carbons (Fsp3) is 0.222. The molecule has 0 bridgehead atoms. The highest BCUT2D eigenvalue weighted by Crippen LogP contribution is 1.93. The van der Waals surface area contributed by atoms with Crippen molar-refractivity contribution < 1.29 is 19.4 Å². The van der Waals surface area contributed by atoms with E-state index in [2.05, 4.69) is 9.78 Å². The van der Waals surface area contributed by atoms with Crippen molar-refractivity contribution in [3.63, 3.8) is 0 Å². The van der Waals surface area contributed by atoms with Gasteiger partial charge >= 0.3 is 0 Å². The molecule has 130 valence electrons. The number of nitrogens with one attached hydrogen (secondary N) is 2. The lowest BCUT2D eigenvalue weighted by atomic mass is 10.4. The lowest BCUT2D eigenvalue weighted by molar-refractivity contribution is -0.248. The lowest BCUT2D eigenvalue weighted by Crippen LogP contribution is -1.72. The van der Waals surface area contributed by atoms with E-state index in [4.69, 9.17) is 20.4 Å². The summed E-state index contributed by atoms with van der Waals surface area (Å²) in [5.74, 6) is 0. The molecule has 0 aromatic heterocycles. The Balaban J connectivity index is -0.000000235. The molecule has 0 aliphatic carbocycles. The molecule has 0 amide bonds. The van der Waals surface area contributed by atoms with Gasteiger partial charge in [0.15, 0.2) is 0 Å². The van der Waals surface area contributed by atoms with Crippen molar-refractivity contribution in [3.8, 4) is 0 Å². The van der Waals surface area contributed by atoms with Gasteiger partial charge in [0.25, 0.3) is 0 Å². The van der Waals surface area contributed by atoms with E-state index in [-0.39, 0.29) is 7.43 Å². The molecule has 0 radical (unpaired) electrons. The summed E-state index contributed by atoms with van der Waals surface area (Å²) in [6.45, 7) is 1.56. The van der Waals surface area contributed by atoms with E-state index < -0.39 is 0 Å². The number of carbonyl (C=O) groups excluding carboxylic acids is 2. The van der Waals surface area contributed by atoms with Crippen molar-refractivity contribution in [2.24, 2.45) is 0 Å². The van der Waals surface area contributed by atoms with Crippen molar-refractivity contribution in [2.75, 3.05) is 13.2 Å². The summed E-state index contributed by atoms with van der Waals surface area (Å²) in [7, 11) is 0. The van der Waals surface area contributed by atoms with Crippen LogP contribution in [0.25, 0.3) is 0 Å². The summed E-state index contributed by atoms with van der Waals surface area (Å²) >= 11 is 0. The Morgan fingerprint density at radius 3 is 0.833 bits per heavy atom. The molecule has 0 unspecified atom stereocenters. The summed E-state index contributed by atoms with van der Waals surface area (Å²) in [5, 5.41) is 10.8. The zero-order valence-corrected chi connectivity index (χ0v) is 12.7. The smallest absolute Gasteiger partial charge is 0.231 e. The Morgan fingerprint density at radius 1 is 0.583 bits per heavy atom. The van der Waals surface area contributed by atoms with Gasteiger partial charge in [0.2, 0.25) is 12.2 Å². The maximum atomic E-state index is 8.35. The average Bonchev–Trinajstić information content (AvgIpc) is 3.20. The summed E-state index contributed by atoms with van der Waals surface area (Å²) in [4.78, 5) is 25.6. The van der Waals surface area contributed by atoms with Crippen LogP contribution >= 0.6 is 0 Å². The van der Waals surface area contributed by atoms with Crippen molar-refractivity contribution in [1.29, 1.82) is 10.8 Å². The van der Waals surface area contributed by atoms with Gasteiger partial charge in [-0.25, -0.2) is 30.2 Å². The number of hydrogen-bond donors (Lipinski definition) is 2. The molecule has 1 aliphatic rings. The zero-order valence-electron chi connectivity index (χ0n) is 12.7. The van der Waals surface area contributed by atoms with Gasteiger partial charge in [0, 0.05) is 6.42 Å². The lowest BCUT2D eigenvalue weighted by Gasteiger charge is -1.77. The fourth-order valence-electron chi connectivity index (χ4n) is 1.06. The van der Waals surface area contributed by atoms with Gasteiger partial charge in [-0.15, -0.1) is 0 Å². The first-order valence-corrected chi connectivity index (χ1v) is 6.65. The number of isocyanates is 2. The van der Waals surface area contributed by atoms with Crippen LogP contribution in [-0.4, -0.2) is 25.4 Å². The highest BCUT2D eigenvalue weighted by Gasteiger charge is 1.95. The summed E-state index contributed by atoms with van der Waals surface area (Å²) < 4.78 is 0. The second-order valence-electron chi connectivity index (χ2n) is 3.51. The van der Waals surface area contributed by atoms with Crippen molar-refractivity contribution >= 4 is 12.2 Å². The predicted octanol–water partition coefficient (Wildman–Crippen LogP) is 4.15. The Bertz CT molecular complexity index is 386. The Hall–Kier alpha value is -2.88. The molecule has 1 fully saturated rings. The molecule has 3 rings (SSSR count). The summed E-state index contributed by atoms with van der Waals surface area (Å²) in [5.41, 5.74) is 0. The molecule has 1 aliphatic heterocycles. The van der Waals surface area contributed by atoms with Crippen molar-refractivity contribution in [3.05, 3.63) is 72.8 Å². The van der Waals surface area contributed by atoms with E-state index in [9.17, 15) is 0 Å². The average molecular weight is 332 g/mol. The van der Waals surface area contributed by atoms with E-state index in [0.29, 0.717) is 0 Å². The standard InChI is InChI=1S/2C6H6.C3H6O2.2CHNO.CH4/c2*1-2-4-6-5-3-1;1-2-4-5-3-1;2*2-1-3;/h2*1-6H;1-3H2;2*2H;1H4. The minimum atomic E-state index is 0. The van der Waals surface area contributed by atoms with Crippen LogP contribution in [0.4, 0.5) is 0 Å². The van der Waals surface area contributed by atoms with Gasteiger partial charge in [-0.2, -0.15) is 0 Å². The van der Waals surface area contributed by atoms with Crippen LogP contribution in [0.2, 0.25) is 0 Å². The van der Waals surface area contributed by atoms with Gasteiger partial charge in [-0.3, -0.25) is 0 Å². The Kier molecular flexibility index (Phi) is 30.7. The minimum Gasteiger partial charge on any atom is -0.237 e. The molecular formula is C18H24N2O4. The van der Waals surface area contributed by atoms with Gasteiger partial charge in [-0.05, 0) is 0 Å². The minimum absolute atomic E-state index is 0. The van der Waals surface area contributed by atoms with Crippen LogP contribution in [0.15, 0.2) is 72.8 Å². The van der Waals surface area contributed by atoms with E-state index in [1.54, 1.807) is 0 Å². The maximum Gasteiger partial charge on any atom is 0.231 e. The third-order valence-electron chi connectivity index (χ3n) is 1.87. The van der Waals surface area contributed by atoms with Crippen LogP contribution in [0, 0.1) is 10.8 Å². The van der Waals surface area contributed by atoms with Crippen molar-refractivity contribution in [1.82, 2.24) is 0 Å². The maximum absolute atomic E-state index is 8.35. The molecule has 0 spiro atoms. The quantitative estimate of drug-likeness (QED) is 0.430. The molecule has 2 aromatic rings. The summed E-state index contributed by atoms with van der Waals surface area (Å²) in [6.07, 6.45) is 2.56. The third kappa shape index (κ3) is 31.5. The third-order valence-corrected chi connectivity index (χ3v) is 1.87.